The molecule has 0 atom stereocenters. The third-order valence-electron chi connectivity index (χ3n) is 1.98. The van der Waals surface area contributed by atoms with Crippen molar-refractivity contribution in [1.82, 2.24) is 15.6 Å². The van der Waals surface area contributed by atoms with Gasteiger partial charge in [-0.25, -0.2) is 4.79 Å². The summed E-state index contributed by atoms with van der Waals surface area (Å²) in [6.45, 7) is 0.550. The lowest BCUT2D eigenvalue weighted by molar-refractivity contribution is -0.122. The summed E-state index contributed by atoms with van der Waals surface area (Å²) in [5.41, 5.74) is 1.48. The first-order valence-corrected chi connectivity index (χ1v) is 4.87. The van der Waals surface area contributed by atoms with E-state index in [1.54, 1.807) is 30.6 Å². The molecule has 0 unspecified atom stereocenters. The number of pyridine rings is 1. The molecule has 2 N–H and O–H groups in total. The Labute approximate surface area is 96.2 Å². The zero-order valence-electron chi connectivity index (χ0n) is 9.14. The van der Waals surface area contributed by atoms with Gasteiger partial charge in [0.1, 0.15) is 6.54 Å². The highest BCUT2D eigenvalue weighted by Gasteiger charge is 2.27. The smallest absolute Gasteiger partial charge is 0.332 e. The maximum atomic E-state index is 11.8. The van der Waals surface area contributed by atoms with Gasteiger partial charge >= 0.3 is 12.2 Å². The van der Waals surface area contributed by atoms with Gasteiger partial charge < -0.3 is 10.6 Å². The number of nitrogens with one attached hydrogen (secondary N) is 2. The molecule has 0 aromatic carbocycles. The van der Waals surface area contributed by atoms with Crippen LogP contribution in [0.1, 0.15) is 11.3 Å². The number of nitrogens with zero attached hydrogens (tertiary/aromatic N) is 1. The number of amides is 2. The van der Waals surface area contributed by atoms with Crippen LogP contribution in [-0.4, -0.2) is 23.7 Å². The highest BCUT2D eigenvalue weighted by molar-refractivity contribution is 5.73. The maximum absolute atomic E-state index is 11.8. The van der Waals surface area contributed by atoms with Crippen molar-refractivity contribution in [3.8, 4) is 0 Å². The minimum absolute atomic E-state index is 0.0936. The highest BCUT2D eigenvalue weighted by Crippen LogP contribution is 2.11. The lowest BCUT2D eigenvalue weighted by Gasteiger charge is -2.10. The summed E-state index contributed by atoms with van der Waals surface area (Å²) in [6, 6.07) is 2.67. The molecule has 0 aliphatic rings. The van der Waals surface area contributed by atoms with E-state index < -0.39 is 18.8 Å². The Morgan fingerprint density at radius 1 is 1.41 bits per heavy atom. The van der Waals surface area contributed by atoms with Crippen LogP contribution in [0, 0.1) is 6.92 Å². The van der Waals surface area contributed by atoms with Crippen LogP contribution >= 0.6 is 0 Å². The molecule has 0 radical (unpaired) electrons. The van der Waals surface area contributed by atoms with Crippen molar-refractivity contribution in [3.63, 3.8) is 0 Å². The van der Waals surface area contributed by atoms with E-state index in [1.165, 1.54) is 0 Å². The number of alkyl halides is 3. The van der Waals surface area contributed by atoms with E-state index in [0.29, 0.717) is 5.69 Å². The van der Waals surface area contributed by atoms with Crippen LogP contribution in [0.15, 0.2) is 18.3 Å². The van der Waals surface area contributed by atoms with E-state index in [9.17, 15) is 18.0 Å². The molecular formula is C10H12F3N3O. The molecule has 1 aromatic heterocycles. The number of carbonyl (C=O) groups excluding carboxylic acids is 1. The normalized spacial score (nSPS) is 11.1. The zero-order chi connectivity index (χ0) is 12.9. The summed E-state index contributed by atoms with van der Waals surface area (Å²) in [5.74, 6) is 0. The van der Waals surface area contributed by atoms with Crippen molar-refractivity contribution >= 4 is 6.03 Å². The van der Waals surface area contributed by atoms with E-state index in [0.717, 1.165) is 5.56 Å². The summed E-state index contributed by atoms with van der Waals surface area (Å²) in [5, 5.41) is 4.01. The fraction of sp³-hybridized carbons (Fsp3) is 0.400. The molecule has 2 amide bonds. The average Bonchev–Trinajstić information content (AvgIpc) is 2.24. The van der Waals surface area contributed by atoms with Crippen LogP contribution in [0.25, 0.3) is 0 Å². The van der Waals surface area contributed by atoms with Crippen LogP contribution in [0.3, 0.4) is 0 Å². The molecule has 4 nitrogen and oxygen atoms in total. The summed E-state index contributed by atoms with van der Waals surface area (Å²) in [6.07, 6.45) is -2.85. The van der Waals surface area contributed by atoms with Gasteiger partial charge in [-0.05, 0) is 18.6 Å². The molecule has 0 saturated heterocycles. The second kappa shape index (κ2) is 5.51. The molecule has 0 bridgehead atoms. The van der Waals surface area contributed by atoms with E-state index in [2.05, 4.69) is 10.3 Å². The van der Waals surface area contributed by atoms with Gasteiger partial charge in [-0.1, -0.05) is 6.07 Å². The van der Waals surface area contributed by atoms with Gasteiger partial charge in [0.15, 0.2) is 0 Å². The zero-order valence-corrected chi connectivity index (χ0v) is 9.14. The van der Waals surface area contributed by atoms with Crippen molar-refractivity contribution in [2.24, 2.45) is 0 Å². The largest absolute Gasteiger partial charge is 0.405 e. The number of aryl methyl sites for hydroxylation is 1. The van der Waals surface area contributed by atoms with E-state index >= 15 is 0 Å². The van der Waals surface area contributed by atoms with Crippen molar-refractivity contribution < 1.29 is 18.0 Å². The van der Waals surface area contributed by atoms with Crippen molar-refractivity contribution in [2.75, 3.05) is 6.54 Å². The Morgan fingerprint density at radius 3 is 2.71 bits per heavy atom. The Morgan fingerprint density at radius 2 is 2.12 bits per heavy atom. The Bertz CT molecular complexity index is 393. The molecule has 94 valence electrons. The summed E-state index contributed by atoms with van der Waals surface area (Å²) in [4.78, 5) is 15.0. The second-order valence-corrected chi connectivity index (χ2v) is 3.42. The topological polar surface area (TPSA) is 54.0 Å². The Hall–Kier alpha value is -1.79. The highest BCUT2D eigenvalue weighted by atomic mass is 19.4. The van der Waals surface area contributed by atoms with Crippen molar-refractivity contribution in [1.29, 1.82) is 0 Å². The van der Waals surface area contributed by atoms with Gasteiger partial charge in [0.2, 0.25) is 0 Å². The number of hydrogen-bond acceptors (Lipinski definition) is 2. The fourth-order valence-corrected chi connectivity index (χ4v) is 1.11. The van der Waals surface area contributed by atoms with Gasteiger partial charge in [-0.3, -0.25) is 4.98 Å². The molecular weight excluding hydrogens is 235 g/mol. The molecule has 1 rings (SSSR count). The number of aromatic nitrogens is 1. The van der Waals surface area contributed by atoms with Crippen LogP contribution in [0.4, 0.5) is 18.0 Å². The summed E-state index contributed by atoms with van der Waals surface area (Å²) < 4.78 is 35.4. The lowest BCUT2D eigenvalue weighted by Crippen LogP contribution is -2.40. The standard InChI is InChI=1S/C10H12F3N3O/c1-7-3-2-4-14-8(7)5-15-9(17)16-6-10(11,12)13/h2-4H,5-6H2,1H3,(H2,15,16,17). The number of rotatable bonds is 3. The van der Waals surface area contributed by atoms with Crippen LogP contribution in [-0.2, 0) is 6.54 Å². The number of halogens is 3. The van der Waals surface area contributed by atoms with Gasteiger partial charge in [0.25, 0.3) is 0 Å². The van der Waals surface area contributed by atoms with Gasteiger partial charge in [-0.2, -0.15) is 13.2 Å². The lowest BCUT2D eigenvalue weighted by atomic mass is 10.2. The molecule has 1 heterocycles. The van der Waals surface area contributed by atoms with Gasteiger partial charge in [0.05, 0.1) is 12.2 Å². The SMILES string of the molecule is Cc1cccnc1CNC(=O)NCC(F)(F)F. The third kappa shape index (κ3) is 5.19. The average molecular weight is 247 g/mol. The summed E-state index contributed by atoms with van der Waals surface area (Å²) in [7, 11) is 0. The van der Waals surface area contributed by atoms with Crippen molar-refractivity contribution in [3.05, 3.63) is 29.6 Å². The predicted octanol–water partition coefficient (Wildman–Crippen LogP) is 1.75. The molecule has 1 aromatic rings. The first-order chi connectivity index (χ1) is 7.88. The summed E-state index contributed by atoms with van der Waals surface area (Å²) >= 11 is 0. The van der Waals surface area contributed by atoms with Gasteiger partial charge in [0, 0.05) is 6.20 Å². The molecule has 0 fully saturated rings. The van der Waals surface area contributed by atoms with Crippen LogP contribution in [0.2, 0.25) is 0 Å². The van der Waals surface area contributed by atoms with E-state index in [4.69, 9.17) is 0 Å². The molecule has 0 aliphatic carbocycles. The minimum atomic E-state index is -4.40. The molecule has 7 heteroatoms. The van der Waals surface area contributed by atoms with Crippen LogP contribution < -0.4 is 10.6 Å². The van der Waals surface area contributed by atoms with Gasteiger partial charge in [-0.15, -0.1) is 0 Å². The van der Waals surface area contributed by atoms with Crippen LogP contribution in [0.5, 0.6) is 0 Å². The molecule has 0 saturated carbocycles. The first-order valence-electron chi connectivity index (χ1n) is 4.87. The number of hydrogen-bond donors (Lipinski definition) is 2. The Kier molecular flexibility index (Phi) is 4.30. The first kappa shape index (κ1) is 13.3. The molecule has 17 heavy (non-hydrogen) atoms. The van der Waals surface area contributed by atoms with E-state index in [-0.39, 0.29) is 6.54 Å². The monoisotopic (exact) mass is 247 g/mol. The molecule has 0 aliphatic heterocycles. The number of carbonyl (C=O) groups is 1. The predicted molar refractivity (Wildman–Crippen MR) is 55.3 cm³/mol. The Balaban J connectivity index is 2.36. The third-order valence-corrected chi connectivity index (χ3v) is 1.98. The second-order valence-electron chi connectivity index (χ2n) is 3.42. The fourth-order valence-electron chi connectivity index (χ4n) is 1.11. The minimum Gasteiger partial charge on any atom is -0.332 e. The van der Waals surface area contributed by atoms with Crippen molar-refractivity contribution in [2.45, 2.75) is 19.6 Å². The maximum Gasteiger partial charge on any atom is 0.405 e. The quantitative estimate of drug-likeness (QED) is 0.855. The molecule has 0 spiro atoms. The number of urea groups is 1. The van der Waals surface area contributed by atoms with E-state index in [1.807, 2.05) is 0 Å².